The molecule has 1 rings (SSSR count). The molecule has 106 valence electrons. The van der Waals surface area contributed by atoms with Crippen molar-refractivity contribution in [3.63, 3.8) is 0 Å². The van der Waals surface area contributed by atoms with Crippen LogP contribution in [0.5, 0.6) is 0 Å². The van der Waals surface area contributed by atoms with Crippen molar-refractivity contribution < 1.29 is 14.3 Å². The van der Waals surface area contributed by atoms with Gasteiger partial charge in [-0.2, -0.15) is 0 Å². The number of amides is 1. The summed E-state index contributed by atoms with van der Waals surface area (Å²) in [5.41, 5.74) is -0.0931. The van der Waals surface area contributed by atoms with Gasteiger partial charge in [0.05, 0.1) is 6.61 Å². The van der Waals surface area contributed by atoms with Gasteiger partial charge in [0.1, 0.15) is 5.78 Å². The summed E-state index contributed by atoms with van der Waals surface area (Å²) in [4.78, 5) is 22.7. The summed E-state index contributed by atoms with van der Waals surface area (Å²) in [7, 11) is 0. The number of hydrogen-bond donors (Lipinski definition) is 1. The Morgan fingerprint density at radius 2 is 2.11 bits per heavy atom. The number of carbonyl (C=O) groups excluding carboxylic acids is 2. The van der Waals surface area contributed by atoms with Crippen LogP contribution in [0.4, 0.5) is 4.79 Å². The smallest absolute Gasteiger partial charge is 0.407 e. The van der Waals surface area contributed by atoms with Gasteiger partial charge in [-0.05, 0) is 18.8 Å². The molecule has 0 radical (unpaired) electrons. The van der Waals surface area contributed by atoms with Crippen LogP contribution in [0.15, 0.2) is 0 Å². The lowest BCUT2D eigenvalue weighted by atomic mass is 9.71. The second kappa shape index (κ2) is 7.18. The van der Waals surface area contributed by atoms with Gasteiger partial charge in [-0.15, -0.1) is 12.3 Å². The maximum atomic E-state index is 11.4. The molecule has 1 fully saturated rings. The van der Waals surface area contributed by atoms with E-state index < -0.39 is 6.09 Å². The van der Waals surface area contributed by atoms with Crippen LogP contribution in [0, 0.1) is 23.7 Å². The van der Waals surface area contributed by atoms with Crippen LogP contribution in [0.3, 0.4) is 0 Å². The number of alkyl carbamates (subject to hydrolysis) is 1. The van der Waals surface area contributed by atoms with Crippen LogP contribution in [0.2, 0.25) is 0 Å². The van der Waals surface area contributed by atoms with E-state index in [2.05, 4.69) is 25.1 Å². The Morgan fingerprint density at radius 1 is 1.47 bits per heavy atom. The van der Waals surface area contributed by atoms with Crippen molar-refractivity contribution in [2.75, 3.05) is 13.2 Å². The van der Waals surface area contributed by atoms with Crippen LogP contribution in [-0.4, -0.2) is 25.0 Å². The molecule has 4 nitrogen and oxygen atoms in total. The lowest BCUT2D eigenvalue weighted by Crippen LogP contribution is -2.35. The van der Waals surface area contributed by atoms with Gasteiger partial charge in [0.2, 0.25) is 0 Å². The number of rotatable bonds is 5. The molecule has 1 amide bonds. The highest BCUT2D eigenvalue weighted by Gasteiger charge is 2.33. The van der Waals surface area contributed by atoms with Crippen LogP contribution in [0.1, 0.15) is 46.0 Å². The summed E-state index contributed by atoms with van der Waals surface area (Å²) in [5, 5.41) is 2.61. The first-order valence-corrected chi connectivity index (χ1v) is 6.81. The van der Waals surface area contributed by atoms with E-state index in [9.17, 15) is 9.59 Å². The van der Waals surface area contributed by atoms with Crippen molar-refractivity contribution in [1.82, 2.24) is 5.32 Å². The number of ketones is 1. The zero-order valence-corrected chi connectivity index (χ0v) is 11.8. The number of ether oxygens (including phenoxy) is 1. The third-order valence-corrected chi connectivity index (χ3v) is 3.76. The molecule has 0 heterocycles. The molecular formula is C15H23NO3. The molecule has 19 heavy (non-hydrogen) atoms. The van der Waals surface area contributed by atoms with Crippen molar-refractivity contribution in [1.29, 1.82) is 0 Å². The zero-order chi connectivity index (χ0) is 14.3. The SMILES string of the molecule is C#CCCNC(=O)OCC(C)(C)C1CCC(=O)CC1. The fourth-order valence-corrected chi connectivity index (χ4v) is 2.38. The lowest BCUT2D eigenvalue weighted by molar-refractivity contribution is -0.122. The second-order valence-corrected chi connectivity index (χ2v) is 5.76. The average Bonchev–Trinajstić information content (AvgIpc) is 2.37. The molecule has 0 bridgehead atoms. The summed E-state index contributed by atoms with van der Waals surface area (Å²) in [5.74, 6) is 3.23. The molecule has 0 unspecified atom stereocenters. The first-order chi connectivity index (χ1) is 8.95. The Labute approximate surface area is 115 Å². The van der Waals surface area contributed by atoms with Crippen LogP contribution in [-0.2, 0) is 9.53 Å². The fourth-order valence-electron chi connectivity index (χ4n) is 2.38. The predicted molar refractivity (Wildman–Crippen MR) is 73.5 cm³/mol. The molecular weight excluding hydrogens is 242 g/mol. The minimum atomic E-state index is -0.421. The molecule has 1 aliphatic rings. The molecule has 0 atom stereocenters. The molecule has 0 saturated heterocycles. The highest BCUT2D eigenvalue weighted by Crippen LogP contribution is 2.37. The van der Waals surface area contributed by atoms with Gasteiger partial charge in [-0.1, -0.05) is 13.8 Å². The number of terminal acetylenes is 1. The molecule has 1 N–H and O–H groups in total. The zero-order valence-electron chi connectivity index (χ0n) is 11.8. The van der Waals surface area contributed by atoms with Crippen LogP contribution in [0.25, 0.3) is 0 Å². The maximum Gasteiger partial charge on any atom is 0.407 e. The summed E-state index contributed by atoms with van der Waals surface area (Å²) in [6.07, 6.45) is 8.28. The van der Waals surface area contributed by atoms with Gasteiger partial charge >= 0.3 is 6.09 Å². The van der Waals surface area contributed by atoms with E-state index in [-0.39, 0.29) is 5.41 Å². The van der Waals surface area contributed by atoms with Gasteiger partial charge < -0.3 is 10.1 Å². The number of Topliss-reactive ketones (excluding diaryl/α,β-unsaturated/α-hetero) is 1. The molecule has 1 aliphatic carbocycles. The summed E-state index contributed by atoms with van der Waals surface area (Å²) < 4.78 is 5.23. The fraction of sp³-hybridized carbons (Fsp3) is 0.733. The van der Waals surface area contributed by atoms with E-state index in [0.29, 0.717) is 44.1 Å². The monoisotopic (exact) mass is 265 g/mol. The van der Waals surface area contributed by atoms with Crippen molar-refractivity contribution >= 4 is 11.9 Å². The number of nitrogens with one attached hydrogen (secondary N) is 1. The largest absolute Gasteiger partial charge is 0.449 e. The van der Waals surface area contributed by atoms with E-state index in [0.717, 1.165) is 12.8 Å². The Hall–Kier alpha value is -1.50. The Kier molecular flexibility index (Phi) is 5.88. The van der Waals surface area contributed by atoms with Crippen molar-refractivity contribution in [2.45, 2.75) is 46.0 Å². The topological polar surface area (TPSA) is 55.4 Å². The molecule has 0 aromatic heterocycles. The van der Waals surface area contributed by atoms with Crippen molar-refractivity contribution in [3.8, 4) is 12.3 Å². The first kappa shape index (κ1) is 15.6. The normalized spacial score (nSPS) is 16.8. The van der Waals surface area contributed by atoms with Gasteiger partial charge in [0, 0.05) is 31.2 Å². The molecule has 0 aromatic rings. The third kappa shape index (κ3) is 5.34. The quantitative estimate of drug-likeness (QED) is 0.614. The van der Waals surface area contributed by atoms with Gasteiger partial charge in [0.15, 0.2) is 0 Å². The van der Waals surface area contributed by atoms with E-state index >= 15 is 0 Å². The van der Waals surface area contributed by atoms with Crippen molar-refractivity contribution in [2.24, 2.45) is 11.3 Å². The third-order valence-electron chi connectivity index (χ3n) is 3.76. The Balaban J connectivity index is 2.32. The second-order valence-electron chi connectivity index (χ2n) is 5.76. The van der Waals surface area contributed by atoms with Crippen LogP contribution >= 0.6 is 0 Å². The van der Waals surface area contributed by atoms with Crippen molar-refractivity contribution in [3.05, 3.63) is 0 Å². The molecule has 4 heteroatoms. The standard InChI is InChI=1S/C15H23NO3/c1-4-5-10-16-14(18)19-11-15(2,3)12-6-8-13(17)9-7-12/h1,12H,5-11H2,2-3H3,(H,16,18). The molecule has 0 aliphatic heterocycles. The maximum absolute atomic E-state index is 11.4. The summed E-state index contributed by atoms with van der Waals surface area (Å²) in [6, 6.07) is 0. The van der Waals surface area contributed by atoms with E-state index in [1.807, 2.05) is 0 Å². The lowest BCUT2D eigenvalue weighted by Gasteiger charge is -2.35. The van der Waals surface area contributed by atoms with Crippen LogP contribution < -0.4 is 5.32 Å². The summed E-state index contributed by atoms with van der Waals surface area (Å²) in [6.45, 7) is 4.98. The van der Waals surface area contributed by atoms with E-state index in [1.165, 1.54) is 0 Å². The molecule has 1 saturated carbocycles. The molecule has 0 spiro atoms. The first-order valence-electron chi connectivity index (χ1n) is 6.81. The number of hydrogen-bond acceptors (Lipinski definition) is 3. The van der Waals surface area contributed by atoms with E-state index in [4.69, 9.17) is 11.2 Å². The van der Waals surface area contributed by atoms with E-state index in [1.54, 1.807) is 0 Å². The Bertz CT molecular complexity index is 358. The minimum Gasteiger partial charge on any atom is -0.449 e. The van der Waals surface area contributed by atoms with Gasteiger partial charge in [-0.25, -0.2) is 4.79 Å². The number of carbonyl (C=O) groups is 2. The highest BCUT2D eigenvalue weighted by molar-refractivity contribution is 5.79. The molecule has 0 aromatic carbocycles. The predicted octanol–water partition coefficient (Wildman–Crippen LogP) is 2.52. The van der Waals surface area contributed by atoms with Gasteiger partial charge in [-0.3, -0.25) is 4.79 Å². The average molecular weight is 265 g/mol. The minimum absolute atomic E-state index is 0.0931. The highest BCUT2D eigenvalue weighted by atomic mass is 16.5. The Morgan fingerprint density at radius 3 is 2.68 bits per heavy atom. The summed E-state index contributed by atoms with van der Waals surface area (Å²) >= 11 is 0. The van der Waals surface area contributed by atoms with Gasteiger partial charge in [0.25, 0.3) is 0 Å².